The van der Waals surface area contributed by atoms with Gasteiger partial charge in [-0.2, -0.15) is 5.10 Å². The number of hydrazone groups is 1. The summed E-state index contributed by atoms with van der Waals surface area (Å²) in [5.74, 6) is 0.316. The van der Waals surface area contributed by atoms with Gasteiger partial charge in [-0.15, -0.1) is 0 Å². The minimum Gasteiger partial charge on any atom is -0.490 e. The van der Waals surface area contributed by atoms with Crippen LogP contribution in [0.3, 0.4) is 0 Å². The first-order valence-corrected chi connectivity index (χ1v) is 10.2. The molecule has 0 radical (unpaired) electrons. The maximum absolute atomic E-state index is 12.3. The first-order valence-electron chi connectivity index (χ1n) is 9.45. The number of hydrogen-bond donors (Lipinski definition) is 2. The molecule has 0 spiro atoms. The maximum Gasteiger partial charge on any atom is 0.343 e. The zero-order chi connectivity index (χ0) is 22.1. The Hall–Kier alpha value is -3.42. The second-order valence-electron chi connectivity index (χ2n) is 6.23. The number of esters is 1. The van der Waals surface area contributed by atoms with E-state index in [4.69, 9.17) is 33.3 Å². The number of thiocarbonyl (C=S) groups is 1. The Morgan fingerprint density at radius 1 is 1.06 bits per heavy atom. The molecule has 0 saturated heterocycles. The van der Waals surface area contributed by atoms with E-state index < -0.39 is 5.97 Å². The highest BCUT2D eigenvalue weighted by Gasteiger charge is 2.12. The Morgan fingerprint density at radius 2 is 1.87 bits per heavy atom. The number of benzene rings is 3. The molecule has 0 aliphatic heterocycles. The van der Waals surface area contributed by atoms with Crippen molar-refractivity contribution in [1.29, 1.82) is 0 Å². The molecule has 3 aromatic rings. The highest BCUT2D eigenvalue weighted by molar-refractivity contribution is 7.80. The molecule has 3 rings (SSSR count). The molecule has 0 aliphatic carbocycles. The Kier molecular flexibility index (Phi) is 7.98. The molecule has 0 fully saturated rings. The first-order chi connectivity index (χ1) is 15.0. The summed E-state index contributed by atoms with van der Waals surface area (Å²) in [5.41, 5.74) is 4.69. The summed E-state index contributed by atoms with van der Waals surface area (Å²) in [6, 6.07) is 21.1. The monoisotopic (exact) mass is 453 g/mol. The van der Waals surface area contributed by atoms with Gasteiger partial charge in [0.15, 0.2) is 16.6 Å². The molecule has 0 unspecified atom stereocenters. The van der Waals surface area contributed by atoms with E-state index in [2.05, 4.69) is 15.8 Å². The zero-order valence-corrected chi connectivity index (χ0v) is 18.2. The molecule has 6 nitrogen and oxygen atoms in total. The average molecular weight is 454 g/mol. The van der Waals surface area contributed by atoms with Crippen LogP contribution in [0.2, 0.25) is 5.02 Å². The number of rotatable bonds is 7. The van der Waals surface area contributed by atoms with Gasteiger partial charge in [0.1, 0.15) is 0 Å². The lowest BCUT2D eigenvalue weighted by atomic mass is 10.2. The average Bonchev–Trinajstić information content (AvgIpc) is 2.76. The minimum atomic E-state index is -0.456. The lowest BCUT2D eigenvalue weighted by Crippen LogP contribution is -2.23. The van der Waals surface area contributed by atoms with Gasteiger partial charge in [0.2, 0.25) is 0 Å². The molecular weight excluding hydrogens is 434 g/mol. The van der Waals surface area contributed by atoms with Crippen LogP contribution < -0.4 is 20.2 Å². The van der Waals surface area contributed by atoms with Gasteiger partial charge < -0.3 is 14.8 Å². The number of halogens is 1. The number of carbonyl (C=O) groups excluding carboxylic acids is 1. The van der Waals surface area contributed by atoms with E-state index in [0.29, 0.717) is 33.8 Å². The largest absolute Gasteiger partial charge is 0.490 e. The van der Waals surface area contributed by atoms with Crippen molar-refractivity contribution in [2.24, 2.45) is 5.10 Å². The molecule has 2 N–H and O–H groups in total. The number of hydrogen-bond acceptors (Lipinski definition) is 5. The summed E-state index contributed by atoms with van der Waals surface area (Å²) in [5, 5.41) is 8.03. The SMILES string of the molecule is CCOc1cc(/C=N\NC(=S)Nc2cccc(Cl)c2)ccc1OC(=O)c1ccccc1. The van der Waals surface area contributed by atoms with Crippen molar-refractivity contribution in [3.63, 3.8) is 0 Å². The molecule has 0 amide bonds. The van der Waals surface area contributed by atoms with Crippen molar-refractivity contribution in [1.82, 2.24) is 5.43 Å². The van der Waals surface area contributed by atoms with Crippen LogP contribution in [-0.4, -0.2) is 23.9 Å². The minimum absolute atomic E-state index is 0.317. The van der Waals surface area contributed by atoms with Crippen molar-refractivity contribution in [3.05, 3.63) is 88.9 Å². The second-order valence-corrected chi connectivity index (χ2v) is 7.07. The van der Waals surface area contributed by atoms with Gasteiger partial charge in [-0.1, -0.05) is 35.9 Å². The van der Waals surface area contributed by atoms with E-state index in [0.717, 1.165) is 11.3 Å². The smallest absolute Gasteiger partial charge is 0.343 e. The van der Waals surface area contributed by atoms with E-state index >= 15 is 0 Å². The molecule has 31 heavy (non-hydrogen) atoms. The molecule has 0 saturated carbocycles. The van der Waals surface area contributed by atoms with Crippen molar-refractivity contribution in [2.75, 3.05) is 11.9 Å². The van der Waals surface area contributed by atoms with E-state index in [1.165, 1.54) is 0 Å². The van der Waals surface area contributed by atoms with E-state index in [1.807, 2.05) is 25.1 Å². The van der Waals surface area contributed by atoms with E-state index in [9.17, 15) is 4.79 Å². The topological polar surface area (TPSA) is 71.9 Å². The molecular formula is C23H20ClN3O3S. The molecule has 0 aromatic heterocycles. The van der Waals surface area contributed by atoms with Crippen LogP contribution in [0.5, 0.6) is 11.5 Å². The summed E-state index contributed by atoms with van der Waals surface area (Å²) >= 11 is 11.2. The van der Waals surface area contributed by atoms with Crippen LogP contribution in [0, 0.1) is 0 Å². The summed E-state index contributed by atoms with van der Waals surface area (Å²) in [6.45, 7) is 2.27. The third kappa shape index (κ3) is 6.80. The van der Waals surface area contributed by atoms with Crippen molar-refractivity contribution in [3.8, 4) is 11.5 Å². The van der Waals surface area contributed by atoms with Crippen LogP contribution in [-0.2, 0) is 0 Å². The van der Waals surface area contributed by atoms with Gasteiger partial charge in [0, 0.05) is 10.7 Å². The summed E-state index contributed by atoms with van der Waals surface area (Å²) in [4.78, 5) is 12.3. The molecule has 0 aliphatic rings. The fourth-order valence-electron chi connectivity index (χ4n) is 2.58. The highest BCUT2D eigenvalue weighted by Crippen LogP contribution is 2.29. The predicted molar refractivity (Wildman–Crippen MR) is 127 cm³/mol. The number of nitrogens with zero attached hydrogens (tertiary/aromatic N) is 1. The van der Waals surface area contributed by atoms with Crippen LogP contribution in [0.1, 0.15) is 22.8 Å². The third-order valence-electron chi connectivity index (χ3n) is 3.94. The normalized spacial score (nSPS) is 10.5. The molecule has 3 aromatic carbocycles. The van der Waals surface area contributed by atoms with Crippen LogP contribution in [0.25, 0.3) is 0 Å². The number of ether oxygens (including phenoxy) is 2. The van der Waals surface area contributed by atoms with Gasteiger partial charge in [0.05, 0.1) is 18.4 Å². The molecule has 158 valence electrons. The van der Waals surface area contributed by atoms with Crippen molar-refractivity contribution >= 4 is 46.8 Å². The van der Waals surface area contributed by atoms with Crippen molar-refractivity contribution < 1.29 is 14.3 Å². The standard InChI is InChI=1S/C23H20ClN3O3S/c1-2-29-21-13-16(11-12-20(21)30-22(28)17-7-4-3-5-8-17)15-25-27-23(31)26-19-10-6-9-18(24)14-19/h3-15H,2H2,1H3,(H2,26,27,31)/b25-15-. The Balaban J connectivity index is 1.64. The van der Waals surface area contributed by atoms with Crippen LogP contribution in [0.15, 0.2) is 77.9 Å². The summed E-state index contributed by atoms with van der Waals surface area (Å²) in [7, 11) is 0. The summed E-state index contributed by atoms with van der Waals surface area (Å²) in [6.07, 6.45) is 1.58. The second kappa shape index (κ2) is 11.1. The van der Waals surface area contributed by atoms with Crippen LogP contribution in [0.4, 0.5) is 5.69 Å². The zero-order valence-electron chi connectivity index (χ0n) is 16.7. The Labute approximate surface area is 190 Å². The van der Waals surface area contributed by atoms with Crippen molar-refractivity contribution in [2.45, 2.75) is 6.92 Å². The fourth-order valence-corrected chi connectivity index (χ4v) is 2.94. The Bertz CT molecular complexity index is 1090. The molecule has 8 heteroatoms. The lowest BCUT2D eigenvalue weighted by Gasteiger charge is -2.11. The molecule has 0 bridgehead atoms. The predicted octanol–water partition coefficient (Wildman–Crippen LogP) is 5.28. The van der Waals surface area contributed by atoms with Gasteiger partial charge in [0.25, 0.3) is 0 Å². The maximum atomic E-state index is 12.3. The Morgan fingerprint density at radius 3 is 2.61 bits per heavy atom. The van der Waals surface area contributed by atoms with Gasteiger partial charge >= 0.3 is 5.97 Å². The van der Waals surface area contributed by atoms with Gasteiger partial charge in [-0.05, 0) is 73.2 Å². The number of anilines is 1. The molecule has 0 atom stereocenters. The number of carbonyl (C=O) groups is 1. The molecule has 0 heterocycles. The third-order valence-corrected chi connectivity index (χ3v) is 4.37. The lowest BCUT2D eigenvalue weighted by molar-refractivity contribution is 0.0728. The van der Waals surface area contributed by atoms with E-state index in [-0.39, 0.29) is 0 Å². The fraction of sp³-hybridized carbons (Fsp3) is 0.0870. The van der Waals surface area contributed by atoms with E-state index in [1.54, 1.807) is 60.8 Å². The van der Waals surface area contributed by atoms with Crippen LogP contribution >= 0.6 is 23.8 Å². The summed E-state index contributed by atoms with van der Waals surface area (Å²) < 4.78 is 11.1. The highest BCUT2D eigenvalue weighted by atomic mass is 35.5. The first kappa shape index (κ1) is 22.3. The number of nitrogens with one attached hydrogen (secondary N) is 2. The van der Waals surface area contributed by atoms with Gasteiger partial charge in [-0.25, -0.2) is 4.79 Å². The quantitative estimate of drug-likeness (QED) is 0.167. The van der Waals surface area contributed by atoms with Gasteiger partial charge in [-0.3, -0.25) is 5.43 Å².